The lowest BCUT2D eigenvalue weighted by Gasteiger charge is -2.09. The van der Waals surface area contributed by atoms with E-state index in [0.717, 1.165) is 17.1 Å². The van der Waals surface area contributed by atoms with Crippen LogP contribution in [0.3, 0.4) is 0 Å². The van der Waals surface area contributed by atoms with Crippen molar-refractivity contribution in [2.45, 2.75) is 27.4 Å². The second-order valence-electron chi connectivity index (χ2n) is 6.11. The zero-order chi connectivity index (χ0) is 19.3. The standard InChI is InChI=1S/C17H20FN3O4S/c1-9(2)7-19-17(24)20-15-13(16(22)23)14(21-26-15)25-8-11-5-4-10(3)6-12(11)18/h4-6,9H,7-8H2,1-3H3,(H,22,23)(H2,19,20,24). The molecule has 0 aliphatic rings. The Balaban J connectivity index is 2.10. The van der Waals surface area contributed by atoms with E-state index in [1.54, 1.807) is 19.1 Å². The van der Waals surface area contributed by atoms with E-state index in [9.17, 15) is 19.1 Å². The van der Waals surface area contributed by atoms with Crippen molar-refractivity contribution in [3.63, 3.8) is 0 Å². The highest BCUT2D eigenvalue weighted by Crippen LogP contribution is 2.31. The molecule has 0 fully saturated rings. The number of aryl methyl sites for hydroxylation is 1. The van der Waals surface area contributed by atoms with Gasteiger partial charge in [0.25, 0.3) is 0 Å². The van der Waals surface area contributed by atoms with Gasteiger partial charge in [-0.3, -0.25) is 5.32 Å². The largest absolute Gasteiger partial charge is 0.477 e. The van der Waals surface area contributed by atoms with Crippen LogP contribution < -0.4 is 15.4 Å². The van der Waals surface area contributed by atoms with Gasteiger partial charge in [-0.15, -0.1) is 0 Å². The molecule has 0 saturated carbocycles. The highest BCUT2D eigenvalue weighted by Gasteiger charge is 2.23. The Bertz CT molecular complexity index is 807. The maximum absolute atomic E-state index is 13.9. The second kappa shape index (κ2) is 8.61. The molecule has 3 N–H and O–H groups in total. The Morgan fingerprint density at radius 3 is 2.73 bits per heavy atom. The molecule has 1 aromatic heterocycles. The van der Waals surface area contributed by atoms with Crippen LogP contribution in [0.4, 0.5) is 14.2 Å². The number of carboxylic acids is 1. The summed E-state index contributed by atoms with van der Waals surface area (Å²) in [6, 6.07) is 4.13. The van der Waals surface area contributed by atoms with E-state index in [-0.39, 0.29) is 34.5 Å². The van der Waals surface area contributed by atoms with Crippen molar-refractivity contribution in [2.24, 2.45) is 5.92 Å². The minimum atomic E-state index is -1.29. The summed E-state index contributed by atoms with van der Waals surface area (Å²) in [6.07, 6.45) is 0. The van der Waals surface area contributed by atoms with Crippen molar-refractivity contribution in [3.05, 3.63) is 40.7 Å². The first-order valence-corrected chi connectivity index (χ1v) is 8.71. The summed E-state index contributed by atoms with van der Waals surface area (Å²) in [6.45, 7) is 5.91. The molecule has 2 aromatic rings. The maximum atomic E-state index is 13.9. The van der Waals surface area contributed by atoms with Crippen molar-refractivity contribution >= 4 is 28.5 Å². The van der Waals surface area contributed by atoms with Crippen LogP contribution in [-0.4, -0.2) is 28.0 Å². The van der Waals surface area contributed by atoms with Gasteiger partial charge >= 0.3 is 12.0 Å². The van der Waals surface area contributed by atoms with Crippen molar-refractivity contribution in [1.29, 1.82) is 0 Å². The Labute approximate surface area is 154 Å². The van der Waals surface area contributed by atoms with Gasteiger partial charge in [-0.05, 0) is 36.0 Å². The first-order chi connectivity index (χ1) is 12.3. The number of nitrogens with one attached hydrogen (secondary N) is 2. The highest BCUT2D eigenvalue weighted by atomic mass is 32.1. The molecule has 0 radical (unpaired) electrons. The normalized spacial score (nSPS) is 10.7. The molecule has 0 bridgehead atoms. The average molecular weight is 381 g/mol. The van der Waals surface area contributed by atoms with E-state index < -0.39 is 17.8 Å². The maximum Gasteiger partial charge on any atom is 0.344 e. The van der Waals surface area contributed by atoms with Crippen molar-refractivity contribution in [2.75, 3.05) is 11.9 Å². The molecule has 9 heteroatoms. The van der Waals surface area contributed by atoms with Crippen molar-refractivity contribution < 1.29 is 23.8 Å². The zero-order valence-electron chi connectivity index (χ0n) is 14.6. The Kier molecular flexibility index (Phi) is 6.51. The number of benzene rings is 1. The van der Waals surface area contributed by atoms with Crippen LogP contribution in [0.2, 0.25) is 0 Å². The van der Waals surface area contributed by atoms with E-state index in [2.05, 4.69) is 15.0 Å². The second-order valence-corrected chi connectivity index (χ2v) is 6.88. The predicted molar refractivity (Wildman–Crippen MR) is 96.4 cm³/mol. The molecule has 1 heterocycles. The van der Waals surface area contributed by atoms with Gasteiger partial charge in [0.1, 0.15) is 17.4 Å². The molecule has 0 saturated heterocycles. The molecular formula is C17H20FN3O4S. The molecule has 26 heavy (non-hydrogen) atoms. The van der Waals surface area contributed by atoms with Crippen LogP contribution in [0.1, 0.15) is 35.3 Å². The lowest BCUT2D eigenvalue weighted by Crippen LogP contribution is -2.31. The third kappa shape index (κ3) is 5.16. The Morgan fingerprint density at radius 1 is 1.38 bits per heavy atom. The molecule has 0 unspecified atom stereocenters. The van der Waals surface area contributed by atoms with Crippen LogP contribution in [0.15, 0.2) is 18.2 Å². The molecule has 140 valence electrons. The number of hydrogen-bond donors (Lipinski definition) is 3. The number of halogens is 1. The first kappa shape index (κ1) is 19.6. The summed E-state index contributed by atoms with van der Waals surface area (Å²) >= 11 is 0.787. The number of anilines is 1. The summed E-state index contributed by atoms with van der Waals surface area (Å²) in [7, 11) is 0. The van der Waals surface area contributed by atoms with Gasteiger partial charge in [-0.1, -0.05) is 26.0 Å². The number of aromatic nitrogens is 1. The SMILES string of the molecule is Cc1ccc(COc2nsc(NC(=O)NCC(C)C)c2C(=O)O)c(F)c1. The predicted octanol–water partition coefficient (Wildman–Crippen LogP) is 3.65. The molecule has 2 amide bonds. The fourth-order valence-corrected chi connectivity index (χ4v) is 2.73. The van der Waals surface area contributed by atoms with Crippen LogP contribution >= 0.6 is 11.5 Å². The molecule has 0 aliphatic heterocycles. The smallest absolute Gasteiger partial charge is 0.344 e. The number of amides is 2. The van der Waals surface area contributed by atoms with Gasteiger partial charge in [0, 0.05) is 12.1 Å². The summed E-state index contributed by atoms with van der Waals surface area (Å²) < 4.78 is 23.2. The first-order valence-electron chi connectivity index (χ1n) is 7.93. The van der Waals surface area contributed by atoms with Gasteiger partial charge in [0.2, 0.25) is 5.88 Å². The van der Waals surface area contributed by atoms with Crippen molar-refractivity contribution in [3.8, 4) is 5.88 Å². The quantitative estimate of drug-likeness (QED) is 0.680. The number of carbonyl (C=O) groups excluding carboxylic acids is 1. The summed E-state index contributed by atoms with van der Waals surface area (Å²) in [5.74, 6) is -1.65. The molecule has 1 aromatic carbocycles. The average Bonchev–Trinajstić information content (AvgIpc) is 2.95. The lowest BCUT2D eigenvalue weighted by molar-refractivity contribution is 0.0693. The van der Waals surface area contributed by atoms with Gasteiger partial charge in [0.05, 0.1) is 0 Å². The monoisotopic (exact) mass is 381 g/mol. The molecule has 0 atom stereocenters. The fourth-order valence-electron chi connectivity index (χ4n) is 2.01. The van der Waals surface area contributed by atoms with Gasteiger partial charge in [0.15, 0.2) is 5.56 Å². The van der Waals surface area contributed by atoms with E-state index in [4.69, 9.17) is 4.74 Å². The summed E-state index contributed by atoms with van der Waals surface area (Å²) in [4.78, 5) is 23.3. The fraction of sp³-hybridized carbons (Fsp3) is 0.353. The van der Waals surface area contributed by atoms with Crippen LogP contribution in [0, 0.1) is 18.7 Å². The molecule has 0 aliphatic carbocycles. The topological polar surface area (TPSA) is 101 Å². The summed E-state index contributed by atoms with van der Waals surface area (Å²) in [5, 5.41) is 14.5. The third-order valence-corrected chi connectivity index (χ3v) is 4.09. The Hall–Kier alpha value is -2.68. The van der Waals surface area contributed by atoms with E-state index in [1.807, 2.05) is 13.8 Å². The minimum Gasteiger partial charge on any atom is -0.477 e. The molecule has 2 rings (SSSR count). The van der Waals surface area contributed by atoms with E-state index in [0.29, 0.717) is 6.54 Å². The van der Waals surface area contributed by atoms with Gasteiger partial charge < -0.3 is 15.2 Å². The van der Waals surface area contributed by atoms with Crippen molar-refractivity contribution in [1.82, 2.24) is 9.69 Å². The number of ether oxygens (including phenoxy) is 1. The van der Waals surface area contributed by atoms with Gasteiger partial charge in [-0.2, -0.15) is 4.37 Å². The molecule has 0 spiro atoms. The third-order valence-electron chi connectivity index (χ3n) is 3.35. The number of rotatable bonds is 7. The molecule has 7 nitrogen and oxygen atoms in total. The van der Waals surface area contributed by atoms with Gasteiger partial charge in [-0.25, -0.2) is 14.0 Å². The highest BCUT2D eigenvalue weighted by molar-refractivity contribution is 7.11. The number of nitrogens with zero attached hydrogens (tertiary/aromatic N) is 1. The number of carboxylic acid groups (broad SMARTS) is 1. The minimum absolute atomic E-state index is 0.0538. The zero-order valence-corrected chi connectivity index (χ0v) is 15.4. The number of urea groups is 1. The number of aromatic carboxylic acids is 1. The van der Waals surface area contributed by atoms with Crippen LogP contribution in [-0.2, 0) is 6.61 Å². The number of hydrogen-bond acceptors (Lipinski definition) is 5. The lowest BCUT2D eigenvalue weighted by atomic mass is 10.1. The van der Waals surface area contributed by atoms with E-state index >= 15 is 0 Å². The Morgan fingerprint density at radius 2 is 2.12 bits per heavy atom. The molecular weight excluding hydrogens is 361 g/mol. The number of carbonyl (C=O) groups is 2. The van der Waals surface area contributed by atoms with Crippen LogP contribution in [0.5, 0.6) is 5.88 Å². The van der Waals surface area contributed by atoms with E-state index in [1.165, 1.54) is 6.07 Å². The summed E-state index contributed by atoms with van der Waals surface area (Å²) in [5.41, 5.74) is 0.788. The van der Waals surface area contributed by atoms with Crippen LogP contribution in [0.25, 0.3) is 0 Å².